The van der Waals surface area contributed by atoms with Gasteiger partial charge in [-0.1, -0.05) is 19.8 Å². The molecule has 1 saturated carbocycles. The van der Waals surface area contributed by atoms with Crippen LogP contribution in [0.1, 0.15) is 65.7 Å². The lowest BCUT2D eigenvalue weighted by atomic mass is 9.88. The first-order valence-electron chi connectivity index (χ1n) is 7.56. The molecule has 1 N–H and O–H groups in total. The van der Waals surface area contributed by atoms with Crippen molar-refractivity contribution < 1.29 is 4.74 Å². The van der Waals surface area contributed by atoms with Crippen LogP contribution in [0, 0.1) is 11.8 Å². The molecule has 0 radical (unpaired) electrons. The van der Waals surface area contributed by atoms with E-state index in [2.05, 4.69) is 31.0 Å². The highest BCUT2D eigenvalue weighted by atomic mass is 16.5. The third kappa shape index (κ3) is 4.30. The molecule has 0 bridgehead atoms. The van der Waals surface area contributed by atoms with Gasteiger partial charge in [-0.25, -0.2) is 0 Å². The number of rotatable bonds is 8. The molecule has 1 aliphatic rings. The normalized spacial score (nSPS) is 19.3. The van der Waals surface area contributed by atoms with Gasteiger partial charge in [0.15, 0.2) is 0 Å². The minimum Gasteiger partial charge on any atom is -0.374 e. The summed E-state index contributed by atoms with van der Waals surface area (Å²) >= 11 is 0. The van der Waals surface area contributed by atoms with E-state index in [1.54, 1.807) is 0 Å². The SMILES string of the molecule is CC#CCCC(NCCC)C1(OCC)CCCC1. The standard InChI is InChI=1S/C16H29NO/c1-4-7-8-11-15(17-14-5-2)16(18-6-3)12-9-10-13-16/h15,17H,5-6,8-14H2,1-3H3. The first-order chi connectivity index (χ1) is 8.79. The summed E-state index contributed by atoms with van der Waals surface area (Å²) in [5.41, 5.74) is 0.0827. The number of ether oxygens (including phenoxy) is 1. The average molecular weight is 251 g/mol. The van der Waals surface area contributed by atoms with Crippen LogP contribution < -0.4 is 5.32 Å². The summed E-state index contributed by atoms with van der Waals surface area (Å²) in [4.78, 5) is 0. The summed E-state index contributed by atoms with van der Waals surface area (Å²) in [5.74, 6) is 6.19. The van der Waals surface area contributed by atoms with E-state index in [4.69, 9.17) is 4.74 Å². The molecule has 0 heterocycles. The second-order valence-corrected chi connectivity index (χ2v) is 5.18. The molecule has 0 aromatic rings. The van der Waals surface area contributed by atoms with Crippen LogP contribution in [0.4, 0.5) is 0 Å². The van der Waals surface area contributed by atoms with Gasteiger partial charge in [0.1, 0.15) is 0 Å². The topological polar surface area (TPSA) is 21.3 Å². The fraction of sp³-hybridized carbons (Fsp3) is 0.875. The number of hydrogen-bond donors (Lipinski definition) is 1. The van der Waals surface area contributed by atoms with E-state index in [9.17, 15) is 0 Å². The molecule has 1 fully saturated rings. The van der Waals surface area contributed by atoms with Crippen molar-refractivity contribution in [3.8, 4) is 11.8 Å². The number of nitrogens with one attached hydrogen (secondary N) is 1. The summed E-state index contributed by atoms with van der Waals surface area (Å²) in [6.07, 6.45) is 8.31. The zero-order chi connectivity index (χ0) is 13.3. The smallest absolute Gasteiger partial charge is 0.0834 e. The van der Waals surface area contributed by atoms with E-state index in [-0.39, 0.29) is 5.60 Å². The Morgan fingerprint density at radius 2 is 2.00 bits per heavy atom. The molecular weight excluding hydrogens is 222 g/mol. The fourth-order valence-electron chi connectivity index (χ4n) is 3.07. The van der Waals surface area contributed by atoms with Crippen molar-refractivity contribution in [2.45, 2.75) is 77.4 Å². The van der Waals surface area contributed by atoms with E-state index in [0.29, 0.717) is 6.04 Å². The molecule has 0 aromatic heterocycles. The zero-order valence-corrected chi connectivity index (χ0v) is 12.3. The van der Waals surface area contributed by atoms with Gasteiger partial charge in [-0.15, -0.1) is 11.8 Å². The second-order valence-electron chi connectivity index (χ2n) is 5.18. The Kier molecular flexibility index (Phi) is 7.39. The Labute approximate surface area is 113 Å². The molecule has 1 rings (SSSR count). The first-order valence-corrected chi connectivity index (χ1v) is 7.56. The minimum absolute atomic E-state index is 0.0827. The Bertz CT molecular complexity index is 271. The predicted octanol–water partition coefficient (Wildman–Crippen LogP) is 3.51. The van der Waals surface area contributed by atoms with E-state index >= 15 is 0 Å². The van der Waals surface area contributed by atoms with Crippen molar-refractivity contribution in [1.29, 1.82) is 0 Å². The Balaban J connectivity index is 2.65. The van der Waals surface area contributed by atoms with Crippen LogP contribution in [0.25, 0.3) is 0 Å². The minimum atomic E-state index is 0.0827. The third-order valence-corrected chi connectivity index (χ3v) is 3.89. The largest absolute Gasteiger partial charge is 0.374 e. The third-order valence-electron chi connectivity index (χ3n) is 3.89. The summed E-state index contributed by atoms with van der Waals surface area (Å²) in [6.45, 7) is 8.16. The molecule has 18 heavy (non-hydrogen) atoms. The Hall–Kier alpha value is -0.520. The highest BCUT2D eigenvalue weighted by molar-refractivity contribution is 5.01. The van der Waals surface area contributed by atoms with E-state index < -0.39 is 0 Å². The van der Waals surface area contributed by atoms with Gasteiger partial charge in [-0.05, 0) is 46.1 Å². The molecule has 2 heteroatoms. The summed E-state index contributed by atoms with van der Waals surface area (Å²) in [5, 5.41) is 3.70. The average Bonchev–Trinajstić information content (AvgIpc) is 2.83. The second kappa shape index (κ2) is 8.56. The molecular formula is C16H29NO. The van der Waals surface area contributed by atoms with Crippen LogP contribution in [0.3, 0.4) is 0 Å². The lowest BCUT2D eigenvalue weighted by molar-refractivity contribution is -0.0628. The van der Waals surface area contributed by atoms with Crippen molar-refractivity contribution >= 4 is 0 Å². The molecule has 0 aromatic carbocycles. The maximum Gasteiger partial charge on any atom is 0.0834 e. The highest BCUT2D eigenvalue weighted by Gasteiger charge is 2.41. The van der Waals surface area contributed by atoms with Crippen LogP contribution in [0.5, 0.6) is 0 Å². The molecule has 1 unspecified atom stereocenters. The van der Waals surface area contributed by atoms with E-state index in [0.717, 1.165) is 26.0 Å². The monoisotopic (exact) mass is 251 g/mol. The predicted molar refractivity (Wildman–Crippen MR) is 77.6 cm³/mol. The Morgan fingerprint density at radius 1 is 1.28 bits per heavy atom. The van der Waals surface area contributed by atoms with Crippen LogP contribution in [-0.4, -0.2) is 24.8 Å². The van der Waals surface area contributed by atoms with Crippen molar-refractivity contribution in [3.63, 3.8) is 0 Å². The van der Waals surface area contributed by atoms with Crippen LogP contribution >= 0.6 is 0 Å². The summed E-state index contributed by atoms with van der Waals surface area (Å²) < 4.78 is 6.17. The van der Waals surface area contributed by atoms with Gasteiger partial charge in [0.2, 0.25) is 0 Å². The number of hydrogen-bond acceptors (Lipinski definition) is 2. The molecule has 0 aliphatic heterocycles. The molecule has 0 saturated heterocycles. The first kappa shape index (κ1) is 15.5. The van der Waals surface area contributed by atoms with Crippen molar-refractivity contribution in [2.75, 3.05) is 13.2 Å². The van der Waals surface area contributed by atoms with Crippen molar-refractivity contribution in [2.24, 2.45) is 0 Å². The van der Waals surface area contributed by atoms with Crippen LogP contribution in [-0.2, 0) is 4.74 Å². The van der Waals surface area contributed by atoms with Gasteiger partial charge in [0.25, 0.3) is 0 Å². The van der Waals surface area contributed by atoms with Crippen LogP contribution in [0.15, 0.2) is 0 Å². The maximum atomic E-state index is 6.17. The zero-order valence-electron chi connectivity index (χ0n) is 12.3. The van der Waals surface area contributed by atoms with Gasteiger partial charge in [-0.2, -0.15) is 0 Å². The van der Waals surface area contributed by atoms with E-state index in [1.165, 1.54) is 32.1 Å². The quantitative estimate of drug-likeness (QED) is 0.667. The summed E-state index contributed by atoms with van der Waals surface area (Å²) in [6, 6.07) is 0.473. The maximum absolute atomic E-state index is 6.17. The molecule has 104 valence electrons. The molecule has 0 spiro atoms. The molecule has 1 atom stereocenters. The van der Waals surface area contributed by atoms with Crippen molar-refractivity contribution in [1.82, 2.24) is 5.32 Å². The van der Waals surface area contributed by atoms with Crippen molar-refractivity contribution in [3.05, 3.63) is 0 Å². The van der Waals surface area contributed by atoms with Gasteiger partial charge in [0, 0.05) is 19.1 Å². The highest BCUT2D eigenvalue weighted by Crippen LogP contribution is 2.37. The Morgan fingerprint density at radius 3 is 2.56 bits per heavy atom. The van der Waals surface area contributed by atoms with Gasteiger partial charge < -0.3 is 10.1 Å². The van der Waals surface area contributed by atoms with E-state index in [1.807, 2.05) is 6.92 Å². The lowest BCUT2D eigenvalue weighted by Crippen LogP contribution is -2.51. The summed E-state index contributed by atoms with van der Waals surface area (Å²) in [7, 11) is 0. The van der Waals surface area contributed by atoms with Gasteiger partial charge in [-0.3, -0.25) is 0 Å². The molecule has 0 amide bonds. The lowest BCUT2D eigenvalue weighted by Gasteiger charge is -2.38. The van der Waals surface area contributed by atoms with Gasteiger partial charge in [0.05, 0.1) is 5.60 Å². The molecule has 1 aliphatic carbocycles. The fourth-order valence-corrected chi connectivity index (χ4v) is 3.07. The molecule has 2 nitrogen and oxygen atoms in total. The van der Waals surface area contributed by atoms with Crippen LogP contribution in [0.2, 0.25) is 0 Å². The van der Waals surface area contributed by atoms with Gasteiger partial charge >= 0.3 is 0 Å².